The summed E-state index contributed by atoms with van der Waals surface area (Å²) in [4.78, 5) is 17.0. The average Bonchev–Trinajstić information content (AvgIpc) is 3.33. The van der Waals surface area contributed by atoms with Crippen LogP contribution < -0.4 is 20.7 Å². The SMILES string of the molecule is COc1ccc(C2Nc3ccc(C(=O)NCc4ccccn4)cc3[C@H]3NCC[C@@H]23)cc1. The van der Waals surface area contributed by atoms with E-state index in [0.29, 0.717) is 18.0 Å². The Labute approximate surface area is 182 Å². The summed E-state index contributed by atoms with van der Waals surface area (Å²) < 4.78 is 5.31. The van der Waals surface area contributed by atoms with Gasteiger partial charge in [-0.1, -0.05) is 18.2 Å². The first-order chi connectivity index (χ1) is 15.2. The fourth-order valence-electron chi connectivity index (χ4n) is 4.71. The molecular formula is C25H26N4O2. The van der Waals surface area contributed by atoms with Gasteiger partial charge in [-0.2, -0.15) is 0 Å². The van der Waals surface area contributed by atoms with Gasteiger partial charge in [-0.3, -0.25) is 9.78 Å². The predicted octanol–water partition coefficient (Wildman–Crippen LogP) is 3.84. The molecule has 3 heterocycles. The molecule has 31 heavy (non-hydrogen) atoms. The highest BCUT2D eigenvalue weighted by Gasteiger charge is 2.40. The van der Waals surface area contributed by atoms with Crippen LogP contribution in [0.2, 0.25) is 0 Å². The zero-order valence-corrected chi connectivity index (χ0v) is 17.5. The molecule has 1 unspecified atom stereocenters. The molecule has 1 amide bonds. The molecule has 0 spiro atoms. The van der Waals surface area contributed by atoms with Crippen LogP contribution in [0.1, 0.15) is 45.7 Å². The van der Waals surface area contributed by atoms with Crippen LogP contribution in [-0.4, -0.2) is 24.5 Å². The van der Waals surface area contributed by atoms with E-state index >= 15 is 0 Å². The number of pyridine rings is 1. The first-order valence-electron chi connectivity index (χ1n) is 10.7. The summed E-state index contributed by atoms with van der Waals surface area (Å²) in [6.07, 6.45) is 2.82. The van der Waals surface area contributed by atoms with Gasteiger partial charge in [0.15, 0.2) is 0 Å². The lowest BCUT2D eigenvalue weighted by Crippen LogP contribution is -2.33. The zero-order valence-electron chi connectivity index (χ0n) is 17.5. The number of amides is 1. The molecule has 0 radical (unpaired) electrons. The van der Waals surface area contributed by atoms with Crippen molar-refractivity contribution >= 4 is 11.6 Å². The molecule has 6 nitrogen and oxygen atoms in total. The summed E-state index contributed by atoms with van der Waals surface area (Å²) >= 11 is 0. The van der Waals surface area contributed by atoms with Crippen molar-refractivity contribution in [3.8, 4) is 5.75 Å². The smallest absolute Gasteiger partial charge is 0.251 e. The van der Waals surface area contributed by atoms with E-state index < -0.39 is 0 Å². The van der Waals surface area contributed by atoms with E-state index in [9.17, 15) is 4.79 Å². The first kappa shape index (κ1) is 19.6. The molecule has 158 valence electrons. The second-order valence-corrected chi connectivity index (χ2v) is 8.09. The summed E-state index contributed by atoms with van der Waals surface area (Å²) in [6, 6.07) is 20.4. The number of nitrogens with zero attached hydrogens (tertiary/aromatic N) is 1. The van der Waals surface area contributed by atoms with E-state index in [2.05, 4.69) is 33.1 Å². The van der Waals surface area contributed by atoms with E-state index in [1.165, 1.54) is 5.56 Å². The second kappa shape index (κ2) is 8.40. The van der Waals surface area contributed by atoms with Crippen molar-refractivity contribution in [2.45, 2.75) is 25.0 Å². The first-order valence-corrected chi connectivity index (χ1v) is 10.7. The quantitative estimate of drug-likeness (QED) is 0.592. The van der Waals surface area contributed by atoms with E-state index in [1.807, 2.05) is 48.5 Å². The van der Waals surface area contributed by atoms with Gasteiger partial charge in [0.25, 0.3) is 5.91 Å². The van der Waals surface area contributed by atoms with Crippen LogP contribution in [0.5, 0.6) is 5.75 Å². The molecule has 1 saturated heterocycles. The van der Waals surface area contributed by atoms with Gasteiger partial charge in [-0.25, -0.2) is 0 Å². The van der Waals surface area contributed by atoms with Gasteiger partial charge in [-0.15, -0.1) is 0 Å². The minimum absolute atomic E-state index is 0.0831. The van der Waals surface area contributed by atoms with Crippen molar-refractivity contribution in [1.82, 2.24) is 15.6 Å². The lowest BCUT2D eigenvalue weighted by atomic mass is 9.80. The van der Waals surface area contributed by atoms with Gasteiger partial charge in [0.05, 0.1) is 25.4 Å². The van der Waals surface area contributed by atoms with Crippen molar-refractivity contribution in [1.29, 1.82) is 0 Å². The zero-order chi connectivity index (χ0) is 21.2. The van der Waals surface area contributed by atoms with Crippen LogP contribution in [-0.2, 0) is 6.54 Å². The van der Waals surface area contributed by atoms with Crippen molar-refractivity contribution in [2.75, 3.05) is 19.0 Å². The molecule has 0 aliphatic carbocycles. The number of aromatic nitrogens is 1. The number of fused-ring (bicyclic) bond motifs is 3. The molecule has 1 aromatic heterocycles. The molecule has 3 N–H and O–H groups in total. The van der Waals surface area contributed by atoms with E-state index in [1.54, 1.807) is 13.3 Å². The number of nitrogens with one attached hydrogen (secondary N) is 3. The number of benzene rings is 2. The van der Waals surface area contributed by atoms with E-state index in [4.69, 9.17) is 4.74 Å². The average molecular weight is 415 g/mol. The van der Waals surface area contributed by atoms with Crippen LogP contribution >= 0.6 is 0 Å². The number of methoxy groups -OCH3 is 1. The maximum atomic E-state index is 12.8. The highest BCUT2D eigenvalue weighted by molar-refractivity contribution is 5.95. The Kier molecular flexibility index (Phi) is 5.30. The van der Waals surface area contributed by atoms with Crippen LogP contribution in [0.25, 0.3) is 0 Å². The third-order valence-corrected chi connectivity index (χ3v) is 6.29. The van der Waals surface area contributed by atoms with Crippen LogP contribution in [0.4, 0.5) is 5.69 Å². The molecular weight excluding hydrogens is 388 g/mol. The van der Waals surface area contributed by atoms with Crippen molar-refractivity contribution in [2.24, 2.45) is 5.92 Å². The third kappa shape index (κ3) is 3.86. The summed E-state index contributed by atoms with van der Waals surface area (Å²) in [5, 5.41) is 10.4. The van der Waals surface area contributed by atoms with E-state index in [-0.39, 0.29) is 18.0 Å². The van der Waals surface area contributed by atoms with Gasteiger partial charge < -0.3 is 20.7 Å². The van der Waals surface area contributed by atoms with Gasteiger partial charge in [0, 0.05) is 29.4 Å². The highest BCUT2D eigenvalue weighted by atomic mass is 16.5. The number of anilines is 1. The fraction of sp³-hybridized carbons (Fsp3) is 0.280. The number of carbonyl (C=O) groups excluding carboxylic acids is 1. The molecule has 0 bridgehead atoms. The number of hydrogen-bond donors (Lipinski definition) is 3. The van der Waals surface area contributed by atoms with Gasteiger partial charge >= 0.3 is 0 Å². The maximum absolute atomic E-state index is 12.8. The van der Waals surface area contributed by atoms with Crippen LogP contribution in [0.3, 0.4) is 0 Å². The topological polar surface area (TPSA) is 75.3 Å². The third-order valence-electron chi connectivity index (χ3n) is 6.29. The molecule has 6 heteroatoms. The molecule has 2 aliphatic rings. The largest absolute Gasteiger partial charge is 0.497 e. The monoisotopic (exact) mass is 414 g/mol. The summed E-state index contributed by atoms with van der Waals surface area (Å²) in [5.41, 5.74) is 5.01. The molecule has 3 atom stereocenters. The highest BCUT2D eigenvalue weighted by Crippen LogP contribution is 2.47. The minimum atomic E-state index is -0.0831. The summed E-state index contributed by atoms with van der Waals surface area (Å²) in [5.74, 6) is 1.20. The Morgan fingerprint density at radius 2 is 2.00 bits per heavy atom. The Morgan fingerprint density at radius 1 is 1.13 bits per heavy atom. The summed E-state index contributed by atoms with van der Waals surface area (Å²) in [6.45, 7) is 1.39. The molecule has 0 saturated carbocycles. The molecule has 3 aromatic rings. The Morgan fingerprint density at radius 3 is 2.77 bits per heavy atom. The van der Waals surface area contributed by atoms with Crippen LogP contribution in [0.15, 0.2) is 66.9 Å². The minimum Gasteiger partial charge on any atom is -0.497 e. The molecule has 5 rings (SSSR count). The lowest BCUT2D eigenvalue weighted by Gasteiger charge is -2.37. The Balaban J connectivity index is 1.37. The van der Waals surface area contributed by atoms with Gasteiger partial charge in [0.2, 0.25) is 0 Å². The Bertz CT molecular complexity index is 1070. The number of ether oxygens (including phenoxy) is 1. The van der Waals surface area contributed by atoms with Gasteiger partial charge in [0.1, 0.15) is 5.75 Å². The molecule has 1 fully saturated rings. The van der Waals surface area contributed by atoms with Crippen molar-refractivity contribution in [3.05, 3.63) is 89.2 Å². The Hall–Kier alpha value is -3.38. The molecule has 2 aliphatic heterocycles. The summed E-state index contributed by atoms with van der Waals surface area (Å²) in [7, 11) is 1.69. The normalized spacial score (nSPS) is 21.5. The predicted molar refractivity (Wildman–Crippen MR) is 120 cm³/mol. The van der Waals surface area contributed by atoms with E-state index in [0.717, 1.165) is 35.7 Å². The second-order valence-electron chi connectivity index (χ2n) is 8.09. The number of hydrogen-bond acceptors (Lipinski definition) is 5. The van der Waals surface area contributed by atoms with Crippen LogP contribution in [0, 0.1) is 5.92 Å². The number of carbonyl (C=O) groups is 1. The van der Waals surface area contributed by atoms with Crippen molar-refractivity contribution in [3.63, 3.8) is 0 Å². The van der Waals surface area contributed by atoms with Gasteiger partial charge in [-0.05, 0) is 66.6 Å². The lowest BCUT2D eigenvalue weighted by molar-refractivity contribution is 0.0950. The maximum Gasteiger partial charge on any atom is 0.251 e. The molecule has 2 aromatic carbocycles. The standard InChI is InChI=1S/C25H26N4O2/c1-31-19-8-5-16(6-9-19)23-20-11-13-27-24(20)21-14-17(7-10-22(21)29-23)25(30)28-15-18-4-2-3-12-26-18/h2-10,12,14,20,23-24,27,29H,11,13,15H2,1H3,(H,28,30)/t20-,23?,24-/m0/s1. The number of rotatable bonds is 5. The fourth-order valence-corrected chi connectivity index (χ4v) is 4.71. The van der Waals surface area contributed by atoms with Crippen molar-refractivity contribution < 1.29 is 9.53 Å².